The monoisotopic (exact) mass is 286 g/mol. The smallest absolute Gasteiger partial charge is 0.128 e. The second kappa shape index (κ2) is 6.53. The fourth-order valence-corrected chi connectivity index (χ4v) is 2.97. The number of nitriles is 1. The minimum atomic E-state index is 0.589. The van der Waals surface area contributed by atoms with Crippen molar-refractivity contribution in [3.8, 4) is 11.8 Å². The van der Waals surface area contributed by atoms with Crippen LogP contribution in [-0.4, -0.2) is 11.6 Å². The van der Waals surface area contributed by atoms with E-state index in [-0.39, 0.29) is 0 Å². The number of aromatic nitrogens is 1. The largest absolute Gasteiger partial charge is 0.493 e. The Bertz CT molecular complexity index is 640. The zero-order chi connectivity index (χ0) is 14.5. The molecule has 1 aromatic carbocycles. The van der Waals surface area contributed by atoms with Crippen molar-refractivity contribution in [2.45, 2.75) is 33.6 Å². The van der Waals surface area contributed by atoms with Gasteiger partial charge in [0.05, 0.1) is 17.3 Å². The van der Waals surface area contributed by atoms with Crippen molar-refractivity contribution in [3.05, 3.63) is 44.9 Å². The van der Waals surface area contributed by atoms with E-state index in [9.17, 15) is 0 Å². The first kappa shape index (κ1) is 14.5. The molecule has 0 N–H and O–H groups in total. The van der Waals surface area contributed by atoms with E-state index in [2.05, 4.69) is 37.0 Å². The van der Waals surface area contributed by atoms with E-state index in [4.69, 9.17) is 10.00 Å². The van der Waals surface area contributed by atoms with Gasteiger partial charge in [-0.3, -0.25) is 0 Å². The maximum Gasteiger partial charge on any atom is 0.128 e. The van der Waals surface area contributed by atoms with Crippen LogP contribution in [0.4, 0.5) is 0 Å². The van der Waals surface area contributed by atoms with Gasteiger partial charge in [0, 0.05) is 6.42 Å². The van der Waals surface area contributed by atoms with Gasteiger partial charge >= 0.3 is 0 Å². The molecule has 0 aliphatic rings. The molecule has 0 aliphatic heterocycles. The molecule has 0 bridgehead atoms. The molecule has 104 valence electrons. The van der Waals surface area contributed by atoms with E-state index in [1.54, 1.807) is 0 Å². The van der Waals surface area contributed by atoms with Crippen LogP contribution in [0, 0.1) is 25.2 Å². The van der Waals surface area contributed by atoms with E-state index >= 15 is 0 Å². The first-order chi connectivity index (χ1) is 9.63. The highest BCUT2D eigenvalue weighted by Crippen LogP contribution is 2.21. The molecule has 1 heterocycles. The fraction of sp³-hybridized carbons (Fsp3) is 0.375. The Morgan fingerprint density at radius 3 is 2.75 bits per heavy atom. The molecule has 2 rings (SSSR count). The second-order valence-corrected chi connectivity index (χ2v) is 5.80. The zero-order valence-electron chi connectivity index (χ0n) is 12.1. The lowest BCUT2D eigenvalue weighted by Crippen LogP contribution is -2.02. The first-order valence-electron chi connectivity index (χ1n) is 6.72. The number of nitrogens with zero attached hydrogens (tertiary/aromatic N) is 2. The van der Waals surface area contributed by atoms with Crippen molar-refractivity contribution in [1.29, 1.82) is 5.26 Å². The maximum absolute atomic E-state index is 9.02. The van der Waals surface area contributed by atoms with E-state index in [0.717, 1.165) is 39.7 Å². The van der Waals surface area contributed by atoms with E-state index < -0.39 is 0 Å². The standard InChI is InChI=1S/C16H18N2OS/c1-4-13-15(10-17)20-16(18-13)7-8-19-14-6-5-11(2)9-12(14)3/h5-6,9H,4,7-8H2,1-3H3. The molecule has 4 heteroatoms. The van der Waals surface area contributed by atoms with Crippen LogP contribution in [0.1, 0.15) is 33.6 Å². The first-order valence-corrected chi connectivity index (χ1v) is 7.54. The van der Waals surface area contributed by atoms with Gasteiger partial charge in [-0.25, -0.2) is 4.98 Å². The summed E-state index contributed by atoms with van der Waals surface area (Å²) in [4.78, 5) is 5.21. The highest BCUT2D eigenvalue weighted by Gasteiger charge is 2.09. The van der Waals surface area contributed by atoms with Gasteiger partial charge in [-0.15, -0.1) is 11.3 Å². The summed E-state index contributed by atoms with van der Waals surface area (Å²) in [6, 6.07) is 8.37. The Kier molecular flexibility index (Phi) is 4.75. The molecule has 0 radical (unpaired) electrons. The molecular formula is C16H18N2OS. The van der Waals surface area contributed by atoms with Crippen molar-refractivity contribution < 1.29 is 4.74 Å². The lowest BCUT2D eigenvalue weighted by atomic mass is 10.1. The van der Waals surface area contributed by atoms with Crippen molar-refractivity contribution in [2.75, 3.05) is 6.61 Å². The van der Waals surface area contributed by atoms with Crippen LogP contribution < -0.4 is 4.74 Å². The van der Waals surface area contributed by atoms with Gasteiger partial charge in [0.2, 0.25) is 0 Å². The van der Waals surface area contributed by atoms with Gasteiger partial charge in [-0.05, 0) is 31.9 Å². The van der Waals surface area contributed by atoms with Gasteiger partial charge in [0.25, 0.3) is 0 Å². The van der Waals surface area contributed by atoms with Gasteiger partial charge in [-0.2, -0.15) is 5.26 Å². The lowest BCUT2D eigenvalue weighted by Gasteiger charge is -2.08. The summed E-state index contributed by atoms with van der Waals surface area (Å²) >= 11 is 1.47. The molecule has 20 heavy (non-hydrogen) atoms. The Morgan fingerprint density at radius 1 is 1.35 bits per heavy atom. The molecule has 3 nitrogen and oxygen atoms in total. The van der Waals surface area contributed by atoms with Gasteiger partial charge < -0.3 is 4.74 Å². The average molecular weight is 286 g/mol. The van der Waals surface area contributed by atoms with Crippen LogP contribution in [-0.2, 0) is 12.8 Å². The third-order valence-corrected chi connectivity index (χ3v) is 4.14. The predicted molar refractivity (Wildman–Crippen MR) is 81.3 cm³/mol. The minimum Gasteiger partial charge on any atom is -0.493 e. The van der Waals surface area contributed by atoms with Gasteiger partial charge in [0.15, 0.2) is 0 Å². The molecule has 0 saturated heterocycles. The maximum atomic E-state index is 9.02. The molecule has 1 aromatic heterocycles. The number of ether oxygens (including phenoxy) is 1. The van der Waals surface area contributed by atoms with Crippen LogP contribution in [0.5, 0.6) is 5.75 Å². The number of aryl methyl sites for hydroxylation is 3. The zero-order valence-corrected chi connectivity index (χ0v) is 12.9. The van der Waals surface area contributed by atoms with Crippen LogP contribution >= 0.6 is 11.3 Å². The molecule has 2 aromatic rings. The van der Waals surface area contributed by atoms with Gasteiger partial charge in [0.1, 0.15) is 16.7 Å². The molecule has 0 fully saturated rings. The highest BCUT2D eigenvalue weighted by atomic mass is 32.1. The summed E-state index contributed by atoms with van der Waals surface area (Å²) in [6.45, 7) is 6.73. The van der Waals surface area contributed by atoms with Crippen molar-refractivity contribution in [3.63, 3.8) is 0 Å². The molecule has 0 unspecified atom stereocenters. The quantitative estimate of drug-likeness (QED) is 0.839. The Balaban J connectivity index is 1.96. The van der Waals surface area contributed by atoms with Crippen LogP contribution in [0.25, 0.3) is 0 Å². The highest BCUT2D eigenvalue weighted by molar-refractivity contribution is 7.12. The number of benzene rings is 1. The Hall–Kier alpha value is -1.86. The number of rotatable bonds is 5. The molecule has 0 amide bonds. The summed E-state index contributed by atoms with van der Waals surface area (Å²) in [6.07, 6.45) is 1.55. The summed E-state index contributed by atoms with van der Waals surface area (Å²) in [7, 11) is 0. The van der Waals surface area contributed by atoms with Crippen molar-refractivity contribution in [2.24, 2.45) is 0 Å². The van der Waals surface area contributed by atoms with E-state index in [0.29, 0.717) is 6.61 Å². The molecular weight excluding hydrogens is 268 g/mol. The fourth-order valence-electron chi connectivity index (χ4n) is 2.04. The number of hydrogen-bond donors (Lipinski definition) is 0. The van der Waals surface area contributed by atoms with Gasteiger partial charge in [-0.1, -0.05) is 24.6 Å². The SMILES string of the molecule is CCc1nc(CCOc2ccc(C)cc2C)sc1C#N. The second-order valence-electron chi connectivity index (χ2n) is 4.72. The molecule has 0 atom stereocenters. The Labute approximate surface area is 123 Å². The third-order valence-electron chi connectivity index (χ3n) is 3.08. The minimum absolute atomic E-state index is 0.589. The summed E-state index contributed by atoms with van der Waals surface area (Å²) in [5.74, 6) is 0.920. The van der Waals surface area contributed by atoms with Crippen LogP contribution in [0.15, 0.2) is 18.2 Å². The van der Waals surface area contributed by atoms with Crippen molar-refractivity contribution in [1.82, 2.24) is 4.98 Å². The molecule has 0 spiro atoms. The van der Waals surface area contributed by atoms with Crippen LogP contribution in [0.3, 0.4) is 0 Å². The predicted octanol–water partition coefficient (Wildman–Crippen LogP) is 3.82. The average Bonchev–Trinajstić information content (AvgIpc) is 2.83. The van der Waals surface area contributed by atoms with Crippen LogP contribution in [0.2, 0.25) is 0 Å². The van der Waals surface area contributed by atoms with E-state index in [1.807, 2.05) is 13.0 Å². The van der Waals surface area contributed by atoms with Crippen molar-refractivity contribution >= 4 is 11.3 Å². The number of hydrogen-bond acceptors (Lipinski definition) is 4. The summed E-state index contributed by atoms with van der Waals surface area (Å²) < 4.78 is 5.80. The molecule has 0 saturated carbocycles. The third kappa shape index (κ3) is 3.37. The summed E-state index contributed by atoms with van der Waals surface area (Å²) in [5.41, 5.74) is 3.29. The summed E-state index contributed by atoms with van der Waals surface area (Å²) in [5, 5.41) is 9.99. The number of thiazole rings is 1. The normalized spacial score (nSPS) is 10.3. The molecule has 0 aliphatic carbocycles. The Morgan fingerprint density at radius 2 is 2.15 bits per heavy atom. The lowest BCUT2D eigenvalue weighted by molar-refractivity contribution is 0.319. The van der Waals surface area contributed by atoms with E-state index in [1.165, 1.54) is 16.9 Å². The topological polar surface area (TPSA) is 45.9 Å².